The zero-order chi connectivity index (χ0) is 31.5. The lowest BCUT2D eigenvalue weighted by Crippen LogP contribution is -2.04. The minimum Gasteiger partial charge on any atom is -0.298 e. The summed E-state index contributed by atoms with van der Waals surface area (Å²) in [5.41, 5.74) is 2.11. The third-order valence-electron chi connectivity index (χ3n) is 4.95. The van der Waals surface area contributed by atoms with E-state index in [9.17, 15) is 27.3 Å². The first-order valence-corrected chi connectivity index (χ1v) is 16.2. The topological polar surface area (TPSA) is 51.2 Å². The minimum atomic E-state index is -3.22. The van der Waals surface area contributed by atoms with Crippen LogP contribution in [0, 0.1) is 11.6 Å². The zero-order valence-corrected chi connectivity index (χ0v) is 25.1. The Morgan fingerprint density at radius 2 is 1.20 bits per heavy atom. The molecule has 0 fully saturated rings. The Morgan fingerprint density at radius 3 is 1.66 bits per heavy atom. The van der Waals surface area contributed by atoms with Crippen molar-refractivity contribution in [2.75, 3.05) is 7.15 Å². The molecule has 0 radical (unpaired) electrons. The van der Waals surface area contributed by atoms with Gasteiger partial charge in [0, 0.05) is 23.1 Å². The molecule has 0 saturated heterocycles. The molecule has 0 atom stereocenters. The second-order valence-electron chi connectivity index (χ2n) is 7.65. The van der Waals surface area contributed by atoms with Crippen LogP contribution in [0.2, 0.25) is 0 Å². The van der Waals surface area contributed by atoms with Crippen LogP contribution in [0.4, 0.5) is 13.2 Å². The van der Waals surface area contributed by atoms with Gasteiger partial charge in [-0.05, 0) is 57.0 Å². The molecule has 0 amide bonds. The maximum atomic E-state index is 13.7. The van der Waals surface area contributed by atoms with Crippen LogP contribution in [0.3, 0.4) is 0 Å². The fourth-order valence-corrected chi connectivity index (χ4v) is 3.47. The van der Waals surface area contributed by atoms with Gasteiger partial charge in [0.25, 0.3) is 0 Å². The normalized spacial score (nSPS) is 11.0. The Morgan fingerprint density at radius 1 is 0.780 bits per heavy atom. The maximum absolute atomic E-state index is 13.7. The van der Waals surface area contributed by atoms with Crippen LogP contribution < -0.4 is 0 Å². The highest BCUT2D eigenvalue weighted by Crippen LogP contribution is 2.61. The summed E-state index contributed by atoms with van der Waals surface area (Å²) in [5, 5.41) is -2.98. The van der Waals surface area contributed by atoms with Crippen LogP contribution >= 0.6 is 50.5 Å². The molecule has 0 saturated carbocycles. The number of rotatable bonds is 6. The molecule has 0 spiro atoms. The van der Waals surface area contributed by atoms with E-state index in [4.69, 9.17) is 13.0 Å². The first-order valence-electron chi connectivity index (χ1n) is 12.1. The van der Waals surface area contributed by atoms with Crippen molar-refractivity contribution in [3.63, 3.8) is 0 Å². The predicted octanol–water partition coefficient (Wildman–Crippen LogP) is 10.8. The number of hydrogen-bond acceptors (Lipinski definition) is 3. The van der Waals surface area contributed by atoms with E-state index in [2.05, 4.69) is 33.7 Å². The van der Waals surface area contributed by atoms with E-state index in [0.29, 0.717) is 23.0 Å². The minimum absolute atomic E-state index is 0.0642. The van der Waals surface area contributed by atoms with Crippen LogP contribution in [-0.4, -0.2) is 19.2 Å². The Bertz CT molecular complexity index is 1480. The molecule has 0 aromatic heterocycles. The molecule has 41 heavy (non-hydrogen) atoms. The first kappa shape index (κ1) is 34.3. The van der Waals surface area contributed by atoms with Gasteiger partial charge in [0.2, 0.25) is 0 Å². The molecular formula is C30H24Cl4F3O3P. The lowest BCUT2D eigenvalue weighted by Gasteiger charge is -2.06. The number of alkyl halides is 1. The number of benzene rings is 4. The van der Waals surface area contributed by atoms with Crippen molar-refractivity contribution in [1.82, 2.24) is 0 Å². The van der Waals surface area contributed by atoms with Crippen molar-refractivity contribution in [3.05, 3.63) is 143 Å². The van der Waals surface area contributed by atoms with Crippen LogP contribution in [-0.2, 0) is 15.8 Å². The molecule has 11 heteroatoms. The highest BCUT2D eigenvalue weighted by atomic mass is 36.0. The third-order valence-corrected chi connectivity index (χ3v) is 5.37. The summed E-state index contributed by atoms with van der Waals surface area (Å²) in [6.45, 7) is 0. The van der Waals surface area contributed by atoms with Crippen LogP contribution in [0.5, 0.6) is 0 Å². The molecule has 0 aliphatic carbocycles. The summed E-state index contributed by atoms with van der Waals surface area (Å²) in [4.78, 5) is 23.0. The number of allylic oxidation sites excluding steroid dienone is 1. The quantitative estimate of drug-likeness (QED) is 0.0678. The lowest BCUT2D eigenvalue weighted by molar-refractivity contribution is -0.103. The second-order valence-corrected chi connectivity index (χ2v) is 14.7. The molecule has 0 bridgehead atoms. The summed E-state index contributed by atoms with van der Waals surface area (Å²) in [6, 6.07) is 30.3. The number of aldehydes is 1. The van der Waals surface area contributed by atoms with Crippen LogP contribution in [0.15, 0.2) is 109 Å². The van der Waals surface area contributed by atoms with Crippen molar-refractivity contribution in [2.24, 2.45) is 0 Å². The summed E-state index contributed by atoms with van der Waals surface area (Å²) in [5.74, 6) is -0.855. The fourth-order valence-electron chi connectivity index (χ4n) is 3.19. The van der Waals surface area contributed by atoms with Crippen LogP contribution in [0.1, 0.15) is 28.4 Å². The van der Waals surface area contributed by atoms with Gasteiger partial charge in [-0.15, -0.1) is 0 Å². The van der Waals surface area contributed by atoms with Crippen molar-refractivity contribution >= 4 is 73.2 Å². The Balaban J connectivity index is 0.000000337. The van der Waals surface area contributed by atoms with Gasteiger partial charge in [-0.1, -0.05) is 109 Å². The molecule has 0 heterocycles. The van der Waals surface area contributed by atoms with Gasteiger partial charge in [-0.3, -0.25) is 18.5 Å². The van der Waals surface area contributed by atoms with E-state index in [0.717, 1.165) is 0 Å². The molecule has 0 aliphatic heterocycles. The van der Waals surface area contributed by atoms with Gasteiger partial charge in [0.05, 0.1) is 13.6 Å². The number of ketones is 1. The van der Waals surface area contributed by atoms with E-state index >= 15 is 0 Å². The molecule has 0 aliphatic rings. The summed E-state index contributed by atoms with van der Waals surface area (Å²) in [6.07, 6.45) is 0.685. The molecule has 216 valence electrons. The largest absolute Gasteiger partial charge is 0.339 e. The number of carbonyl (C=O) groups excluding carboxylic acids is 2. The number of carbonyl (C=O) groups is 2. The molecule has 3 nitrogen and oxygen atoms in total. The van der Waals surface area contributed by atoms with Gasteiger partial charge < -0.3 is 0 Å². The molecule has 4 aromatic rings. The van der Waals surface area contributed by atoms with E-state index in [1.165, 1.54) is 18.2 Å². The standard InChI is InChI=1S/C15H10ClFO.C14H11FO.CH3F.Cl3OP/c16-15(11-6-2-1-3-7-11)13(10-18)12-8-4-5-9-14(12)17;15-13-9-5-4-8-12(13)10-14(16)11-6-2-1-3-7-11;1-2;1-5(2,3)4/h1-10H;1-9H,10H2;1H3;/b15-13-;;;/i;;1D;. The highest BCUT2D eigenvalue weighted by molar-refractivity contribution is 8.24. The summed E-state index contributed by atoms with van der Waals surface area (Å²) in [7, 11) is -1.00. The molecule has 0 unspecified atom stereocenters. The van der Waals surface area contributed by atoms with Gasteiger partial charge in [-0.2, -0.15) is 0 Å². The molecule has 4 rings (SSSR count). The SMILES string of the molecule is O=C(Cc1ccccc1F)c1ccccc1.O=C/C(=C(/Cl)c1ccccc1)c1ccccc1F.O=P(Cl)(Cl)Cl.[2H]CF. The number of Topliss-reactive ketones (excluding diaryl/α,β-unsaturated/α-hetero) is 1. The van der Waals surface area contributed by atoms with Crippen molar-refractivity contribution < 1.29 is 28.7 Å². The van der Waals surface area contributed by atoms with E-state index in [-0.39, 0.29) is 34.2 Å². The molecular weight excluding hydrogens is 638 g/mol. The van der Waals surface area contributed by atoms with Crippen LogP contribution in [0.25, 0.3) is 10.6 Å². The van der Waals surface area contributed by atoms with Crippen molar-refractivity contribution in [2.45, 2.75) is 6.42 Å². The smallest absolute Gasteiger partial charge is 0.298 e. The van der Waals surface area contributed by atoms with Gasteiger partial charge in [0.15, 0.2) is 12.1 Å². The van der Waals surface area contributed by atoms with Gasteiger partial charge in [-0.25, -0.2) is 8.78 Å². The first-order chi connectivity index (χ1) is 19.9. The number of halogens is 7. The third kappa shape index (κ3) is 14.0. The van der Waals surface area contributed by atoms with Gasteiger partial charge >= 0.3 is 5.20 Å². The summed E-state index contributed by atoms with van der Waals surface area (Å²) >= 11 is 20.0. The number of hydrogen-bond donors (Lipinski definition) is 0. The lowest BCUT2D eigenvalue weighted by atomic mass is 10.0. The molecule has 0 N–H and O–H groups in total. The Labute approximate surface area is 257 Å². The Kier molecular flexibility index (Phi) is 16.2. The summed E-state index contributed by atoms with van der Waals surface area (Å²) < 4.78 is 52.0. The van der Waals surface area contributed by atoms with E-state index in [1.54, 1.807) is 66.7 Å². The average molecular weight is 663 g/mol. The van der Waals surface area contributed by atoms with E-state index in [1.807, 2.05) is 24.3 Å². The van der Waals surface area contributed by atoms with Crippen molar-refractivity contribution in [1.29, 1.82) is 0 Å². The van der Waals surface area contributed by atoms with E-state index < -0.39 is 18.2 Å². The van der Waals surface area contributed by atoms with Crippen molar-refractivity contribution in [3.8, 4) is 0 Å². The van der Waals surface area contributed by atoms with Gasteiger partial charge in [0.1, 0.15) is 11.6 Å². The second kappa shape index (κ2) is 19.3. The zero-order valence-electron chi connectivity index (χ0n) is 22.2. The highest BCUT2D eigenvalue weighted by Gasteiger charge is 2.12. The Hall–Kier alpha value is -2.86. The average Bonchev–Trinajstić information content (AvgIpc) is 2.96. The predicted molar refractivity (Wildman–Crippen MR) is 165 cm³/mol. The maximum Gasteiger partial charge on any atom is 0.339 e. The molecule has 4 aromatic carbocycles. The fraction of sp³-hybridized carbons (Fsp3) is 0.0667. The monoisotopic (exact) mass is 661 g/mol.